The van der Waals surface area contributed by atoms with E-state index >= 15 is 0 Å². The molecule has 0 saturated heterocycles. The molecule has 1 fully saturated rings. The van der Waals surface area contributed by atoms with E-state index in [1.165, 1.54) is 5.56 Å². The molecule has 1 saturated carbocycles. The number of amides is 1. The SMILES string of the molecule is Cc1nn(CCC(=O)O)c(C)c1NC(=O)[C@@H]1C[C@H]1c1ccsc1. The fraction of sp³-hybridized carbons (Fsp3) is 0.438. The number of thiophene rings is 1. The predicted octanol–water partition coefficient (Wildman–Crippen LogP) is 2.78. The summed E-state index contributed by atoms with van der Waals surface area (Å²) in [6.45, 7) is 3.97. The Balaban J connectivity index is 1.66. The van der Waals surface area contributed by atoms with E-state index in [4.69, 9.17) is 5.11 Å². The van der Waals surface area contributed by atoms with Crippen LogP contribution in [0, 0.1) is 19.8 Å². The summed E-state index contributed by atoms with van der Waals surface area (Å²) in [4.78, 5) is 23.1. The second-order valence-corrected chi connectivity index (χ2v) is 6.69. The molecule has 2 aromatic rings. The molecule has 2 N–H and O–H groups in total. The average molecular weight is 333 g/mol. The van der Waals surface area contributed by atoms with Gasteiger partial charge in [-0.15, -0.1) is 0 Å². The molecular formula is C16H19N3O3S. The summed E-state index contributed by atoms with van der Waals surface area (Å²) in [5.41, 5.74) is 3.45. The molecule has 0 spiro atoms. The maximum absolute atomic E-state index is 12.4. The zero-order valence-electron chi connectivity index (χ0n) is 13.1. The summed E-state index contributed by atoms with van der Waals surface area (Å²) in [7, 11) is 0. The summed E-state index contributed by atoms with van der Waals surface area (Å²) in [6.07, 6.45) is 0.895. The van der Waals surface area contributed by atoms with Gasteiger partial charge in [-0.05, 0) is 48.6 Å². The number of hydrogen-bond donors (Lipinski definition) is 2. The lowest BCUT2D eigenvalue weighted by molar-refractivity contribution is -0.137. The van der Waals surface area contributed by atoms with Crippen LogP contribution >= 0.6 is 11.3 Å². The van der Waals surface area contributed by atoms with E-state index < -0.39 is 5.97 Å². The Hall–Kier alpha value is -2.15. The number of nitrogens with one attached hydrogen (secondary N) is 1. The van der Waals surface area contributed by atoms with E-state index in [2.05, 4.69) is 21.9 Å². The van der Waals surface area contributed by atoms with Gasteiger partial charge in [0, 0.05) is 5.92 Å². The Morgan fingerprint density at radius 1 is 1.48 bits per heavy atom. The molecule has 2 heterocycles. The van der Waals surface area contributed by atoms with E-state index in [1.807, 2.05) is 19.2 Å². The first kappa shape index (κ1) is 15.7. The number of nitrogens with zero attached hydrogens (tertiary/aromatic N) is 2. The Kier molecular flexibility index (Phi) is 4.21. The number of aromatic nitrogens is 2. The van der Waals surface area contributed by atoms with Crippen LogP contribution in [0.2, 0.25) is 0 Å². The van der Waals surface area contributed by atoms with Crippen molar-refractivity contribution in [2.45, 2.75) is 39.2 Å². The molecular weight excluding hydrogens is 314 g/mol. The van der Waals surface area contributed by atoms with Crippen LogP contribution in [0.5, 0.6) is 0 Å². The van der Waals surface area contributed by atoms with Crippen LogP contribution in [0.25, 0.3) is 0 Å². The van der Waals surface area contributed by atoms with Gasteiger partial charge in [-0.2, -0.15) is 16.4 Å². The second kappa shape index (κ2) is 6.16. The first-order chi connectivity index (χ1) is 11.0. The monoisotopic (exact) mass is 333 g/mol. The molecule has 23 heavy (non-hydrogen) atoms. The maximum Gasteiger partial charge on any atom is 0.305 e. The number of carboxylic acid groups (broad SMARTS) is 1. The van der Waals surface area contributed by atoms with Crippen molar-refractivity contribution in [2.24, 2.45) is 5.92 Å². The van der Waals surface area contributed by atoms with Crippen molar-refractivity contribution < 1.29 is 14.7 Å². The zero-order chi connectivity index (χ0) is 16.6. The minimum Gasteiger partial charge on any atom is -0.481 e. The van der Waals surface area contributed by atoms with Crippen molar-refractivity contribution in [3.05, 3.63) is 33.8 Å². The van der Waals surface area contributed by atoms with Crippen LogP contribution < -0.4 is 5.32 Å². The highest BCUT2D eigenvalue weighted by molar-refractivity contribution is 7.08. The zero-order valence-corrected chi connectivity index (χ0v) is 13.9. The molecule has 0 radical (unpaired) electrons. The number of anilines is 1. The molecule has 0 bridgehead atoms. The smallest absolute Gasteiger partial charge is 0.305 e. The number of aliphatic carboxylic acids is 1. The number of carbonyl (C=O) groups is 2. The van der Waals surface area contributed by atoms with Gasteiger partial charge in [-0.3, -0.25) is 14.3 Å². The fourth-order valence-corrected chi connectivity index (χ4v) is 3.58. The predicted molar refractivity (Wildman–Crippen MR) is 87.8 cm³/mol. The van der Waals surface area contributed by atoms with Gasteiger partial charge < -0.3 is 10.4 Å². The highest BCUT2D eigenvalue weighted by atomic mass is 32.1. The van der Waals surface area contributed by atoms with Crippen molar-refractivity contribution in [3.63, 3.8) is 0 Å². The van der Waals surface area contributed by atoms with Crippen LogP contribution in [-0.2, 0) is 16.1 Å². The highest BCUT2D eigenvalue weighted by Gasteiger charge is 2.44. The van der Waals surface area contributed by atoms with Gasteiger partial charge in [0.15, 0.2) is 0 Å². The number of rotatable bonds is 6. The number of hydrogen-bond acceptors (Lipinski definition) is 4. The average Bonchev–Trinajstić information content (AvgIpc) is 3.03. The standard InChI is InChI=1S/C16H19N3O3S/c1-9-15(10(2)19(18-9)5-3-14(20)21)17-16(22)13-7-12(13)11-4-6-23-8-11/h4,6,8,12-13H,3,5,7H2,1-2H3,(H,17,22)(H,20,21)/t12-,13+/m0/s1. The number of aryl methyl sites for hydroxylation is 2. The third kappa shape index (κ3) is 3.29. The van der Waals surface area contributed by atoms with Gasteiger partial charge in [0.2, 0.25) is 5.91 Å². The lowest BCUT2D eigenvalue weighted by Crippen LogP contribution is -2.16. The van der Waals surface area contributed by atoms with Crippen molar-refractivity contribution in [3.8, 4) is 0 Å². The summed E-state index contributed by atoms with van der Waals surface area (Å²) in [5.74, 6) is -0.500. The Morgan fingerprint density at radius 3 is 2.91 bits per heavy atom. The Labute approximate surface area is 138 Å². The van der Waals surface area contributed by atoms with Gasteiger partial charge in [0.1, 0.15) is 0 Å². The number of carbonyl (C=O) groups excluding carboxylic acids is 1. The van der Waals surface area contributed by atoms with E-state index in [-0.39, 0.29) is 18.2 Å². The molecule has 7 heteroatoms. The molecule has 0 aromatic carbocycles. The lowest BCUT2D eigenvalue weighted by Gasteiger charge is -2.06. The third-order valence-corrected chi connectivity index (χ3v) is 4.97. The molecule has 0 aliphatic heterocycles. The second-order valence-electron chi connectivity index (χ2n) is 5.91. The first-order valence-electron chi connectivity index (χ1n) is 7.56. The Bertz CT molecular complexity index is 736. The van der Waals surface area contributed by atoms with Crippen molar-refractivity contribution in [1.29, 1.82) is 0 Å². The maximum atomic E-state index is 12.4. The molecule has 1 aliphatic rings. The molecule has 1 aliphatic carbocycles. The van der Waals surface area contributed by atoms with Gasteiger partial charge >= 0.3 is 5.97 Å². The molecule has 2 atom stereocenters. The van der Waals surface area contributed by atoms with E-state index in [0.717, 1.165) is 12.1 Å². The molecule has 3 rings (SSSR count). The van der Waals surface area contributed by atoms with Crippen LogP contribution in [0.3, 0.4) is 0 Å². The summed E-state index contributed by atoms with van der Waals surface area (Å²) >= 11 is 1.65. The van der Waals surface area contributed by atoms with E-state index in [0.29, 0.717) is 23.8 Å². The molecule has 1 amide bonds. The van der Waals surface area contributed by atoms with Crippen LogP contribution in [-0.4, -0.2) is 26.8 Å². The minimum absolute atomic E-state index is 0.0121. The quantitative estimate of drug-likeness (QED) is 0.851. The highest BCUT2D eigenvalue weighted by Crippen LogP contribution is 2.48. The van der Waals surface area contributed by atoms with Crippen LogP contribution in [0.4, 0.5) is 5.69 Å². The fourth-order valence-electron chi connectivity index (χ4n) is 2.85. The van der Waals surface area contributed by atoms with Crippen LogP contribution in [0.15, 0.2) is 16.8 Å². The van der Waals surface area contributed by atoms with Crippen LogP contribution in [0.1, 0.15) is 35.7 Å². The molecule has 2 aromatic heterocycles. The van der Waals surface area contributed by atoms with Crippen molar-refractivity contribution in [2.75, 3.05) is 5.32 Å². The Morgan fingerprint density at radius 2 is 2.26 bits per heavy atom. The number of carboxylic acids is 1. The summed E-state index contributed by atoms with van der Waals surface area (Å²) in [6, 6.07) is 2.07. The van der Waals surface area contributed by atoms with Crippen molar-refractivity contribution in [1.82, 2.24) is 9.78 Å². The first-order valence-corrected chi connectivity index (χ1v) is 8.50. The summed E-state index contributed by atoms with van der Waals surface area (Å²) in [5, 5.41) is 20.2. The summed E-state index contributed by atoms with van der Waals surface area (Å²) < 4.78 is 1.64. The van der Waals surface area contributed by atoms with Crippen molar-refractivity contribution >= 4 is 28.9 Å². The van der Waals surface area contributed by atoms with Gasteiger partial charge in [-0.25, -0.2) is 0 Å². The third-order valence-electron chi connectivity index (χ3n) is 4.27. The van der Waals surface area contributed by atoms with Gasteiger partial charge in [-0.1, -0.05) is 0 Å². The van der Waals surface area contributed by atoms with E-state index in [1.54, 1.807) is 16.0 Å². The topological polar surface area (TPSA) is 84.2 Å². The van der Waals surface area contributed by atoms with Gasteiger partial charge in [0.25, 0.3) is 0 Å². The lowest BCUT2D eigenvalue weighted by atomic mass is 10.2. The molecule has 6 nitrogen and oxygen atoms in total. The normalized spacial score (nSPS) is 19.6. The molecule has 0 unspecified atom stereocenters. The van der Waals surface area contributed by atoms with Gasteiger partial charge in [0.05, 0.1) is 30.0 Å². The van der Waals surface area contributed by atoms with E-state index in [9.17, 15) is 9.59 Å². The molecule has 122 valence electrons. The largest absolute Gasteiger partial charge is 0.481 e. The minimum atomic E-state index is -0.861.